The summed E-state index contributed by atoms with van der Waals surface area (Å²) < 4.78 is 12.6. The molecule has 74 valence electrons. The third-order valence-corrected chi connectivity index (χ3v) is 2.17. The minimum absolute atomic E-state index is 0.130. The Morgan fingerprint density at radius 1 is 1.29 bits per heavy atom. The summed E-state index contributed by atoms with van der Waals surface area (Å²) in [6.45, 7) is 3.64. The van der Waals surface area contributed by atoms with E-state index in [0.717, 1.165) is 18.3 Å². The number of rotatable bonds is 5. The van der Waals surface area contributed by atoms with Gasteiger partial charge in [0.1, 0.15) is 12.1 Å². The van der Waals surface area contributed by atoms with Crippen LogP contribution in [0.4, 0.5) is 4.39 Å². The first kappa shape index (κ1) is 10.6. The molecule has 0 spiro atoms. The lowest BCUT2D eigenvalue weighted by molar-refractivity contribution is -0.108. The standard InChI is InChI=1S/C12H13FO/c1-2-3-10(8-9-14)11-4-6-12(13)7-5-11/h2,4-7,9-10H,1,3,8H2. The molecule has 0 saturated heterocycles. The zero-order chi connectivity index (χ0) is 10.4. The molecular weight excluding hydrogens is 179 g/mol. The first-order valence-electron chi connectivity index (χ1n) is 4.58. The van der Waals surface area contributed by atoms with Crippen molar-refractivity contribution in [1.29, 1.82) is 0 Å². The van der Waals surface area contributed by atoms with Gasteiger partial charge in [0.2, 0.25) is 0 Å². The number of hydrogen-bond donors (Lipinski definition) is 0. The summed E-state index contributed by atoms with van der Waals surface area (Å²) >= 11 is 0. The van der Waals surface area contributed by atoms with Gasteiger partial charge in [0, 0.05) is 6.42 Å². The fourth-order valence-corrected chi connectivity index (χ4v) is 1.42. The summed E-state index contributed by atoms with van der Waals surface area (Å²) in [5, 5.41) is 0. The zero-order valence-corrected chi connectivity index (χ0v) is 7.95. The number of allylic oxidation sites excluding steroid dienone is 1. The van der Waals surface area contributed by atoms with Crippen molar-refractivity contribution in [3.63, 3.8) is 0 Å². The minimum atomic E-state index is -0.253. The Hall–Kier alpha value is -1.44. The fraction of sp³-hybridized carbons (Fsp3) is 0.250. The molecule has 2 heteroatoms. The first-order chi connectivity index (χ1) is 6.77. The maximum atomic E-state index is 12.6. The van der Waals surface area contributed by atoms with E-state index in [9.17, 15) is 9.18 Å². The molecular formula is C12H13FO. The van der Waals surface area contributed by atoms with Gasteiger partial charge in [-0.25, -0.2) is 4.39 Å². The minimum Gasteiger partial charge on any atom is -0.303 e. The van der Waals surface area contributed by atoms with E-state index in [1.54, 1.807) is 18.2 Å². The average molecular weight is 192 g/mol. The number of benzene rings is 1. The van der Waals surface area contributed by atoms with E-state index in [0.29, 0.717) is 6.42 Å². The number of carbonyl (C=O) groups is 1. The Labute approximate surface area is 83.3 Å². The summed E-state index contributed by atoms with van der Waals surface area (Å²) in [6.07, 6.45) is 3.86. The highest BCUT2D eigenvalue weighted by atomic mass is 19.1. The molecule has 0 saturated carbocycles. The van der Waals surface area contributed by atoms with Crippen LogP contribution in [0.15, 0.2) is 36.9 Å². The normalized spacial score (nSPS) is 12.1. The summed E-state index contributed by atoms with van der Waals surface area (Å²) in [5.74, 6) is -0.122. The van der Waals surface area contributed by atoms with Crippen molar-refractivity contribution < 1.29 is 9.18 Å². The lowest BCUT2D eigenvalue weighted by Crippen LogP contribution is -1.98. The smallest absolute Gasteiger partial charge is 0.123 e. The molecule has 1 aromatic carbocycles. The second kappa shape index (κ2) is 5.32. The highest BCUT2D eigenvalue weighted by Crippen LogP contribution is 2.22. The lowest BCUT2D eigenvalue weighted by atomic mass is 9.93. The monoisotopic (exact) mass is 192 g/mol. The van der Waals surface area contributed by atoms with Crippen LogP contribution in [-0.2, 0) is 4.79 Å². The number of aldehydes is 1. The van der Waals surface area contributed by atoms with Crippen LogP contribution in [0.5, 0.6) is 0 Å². The van der Waals surface area contributed by atoms with Crippen molar-refractivity contribution in [1.82, 2.24) is 0 Å². The van der Waals surface area contributed by atoms with Gasteiger partial charge in [-0.3, -0.25) is 0 Å². The van der Waals surface area contributed by atoms with E-state index < -0.39 is 0 Å². The number of halogens is 1. The van der Waals surface area contributed by atoms with E-state index in [1.165, 1.54) is 12.1 Å². The molecule has 1 atom stereocenters. The van der Waals surface area contributed by atoms with E-state index in [2.05, 4.69) is 6.58 Å². The topological polar surface area (TPSA) is 17.1 Å². The van der Waals surface area contributed by atoms with Gasteiger partial charge < -0.3 is 4.79 Å². The quantitative estimate of drug-likeness (QED) is 0.517. The van der Waals surface area contributed by atoms with Crippen LogP contribution in [0.2, 0.25) is 0 Å². The third-order valence-electron chi connectivity index (χ3n) is 2.17. The predicted octanol–water partition coefficient (Wildman–Crippen LogP) is 3.07. The SMILES string of the molecule is C=CCC(CC=O)c1ccc(F)cc1. The molecule has 14 heavy (non-hydrogen) atoms. The van der Waals surface area contributed by atoms with E-state index >= 15 is 0 Å². The molecule has 0 N–H and O–H groups in total. The Balaban J connectivity index is 2.80. The van der Waals surface area contributed by atoms with Crippen LogP contribution >= 0.6 is 0 Å². The van der Waals surface area contributed by atoms with Crippen molar-refractivity contribution in [2.24, 2.45) is 0 Å². The average Bonchev–Trinajstić information content (AvgIpc) is 2.19. The Bertz CT molecular complexity index is 293. The van der Waals surface area contributed by atoms with Gasteiger partial charge in [-0.2, -0.15) is 0 Å². The second-order valence-electron chi connectivity index (χ2n) is 3.18. The molecule has 1 aromatic rings. The highest BCUT2D eigenvalue weighted by Gasteiger charge is 2.08. The number of hydrogen-bond acceptors (Lipinski definition) is 1. The van der Waals surface area contributed by atoms with E-state index in [4.69, 9.17) is 0 Å². The molecule has 0 aromatic heterocycles. The molecule has 0 aliphatic heterocycles. The molecule has 1 unspecified atom stereocenters. The number of carbonyl (C=O) groups excluding carboxylic acids is 1. The molecule has 0 radical (unpaired) electrons. The first-order valence-corrected chi connectivity index (χ1v) is 4.58. The van der Waals surface area contributed by atoms with Crippen LogP contribution in [0.25, 0.3) is 0 Å². The largest absolute Gasteiger partial charge is 0.303 e. The van der Waals surface area contributed by atoms with Crippen molar-refractivity contribution >= 4 is 6.29 Å². The molecule has 0 heterocycles. The summed E-state index contributed by atoms with van der Waals surface area (Å²) in [4.78, 5) is 10.4. The van der Waals surface area contributed by atoms with Crippen LogP contribution in [0, 0.1) is 5.82 Å². The van der Waals surface area contributed by atoms with Crippen LogP contribution < -0.4 is 0 Å². The molecule has 0 fully saturated rings. The highest BCUT2D eigenvalue weighted by molar-refractivity contribution is 5.51. The van der Waals surface area contributed by atoms with Crippen LogP contribution in [-0.4, -0.2) is 6.29 Å². The van der Waals surface area contributed by atoms with Crippen molar-refractivity contribution in [3.05, 3.63) is 48.3 Å². The van der Waals surface area contributed by atoms with Gasteiger partial charge in [0.15, 0.2) is 0 Å². The van der Waals surface area contributed by atoms with Gasteiger partial charge in [0.25, 0.3) is 0 Å². The lowest BCUT2D eigenvalue weighted by Gasteiger charge is -2.11. The molecule has 0 bridgehead atoms. The van der Waals surface area contributed by atoms with E-state index in [1.807, 2.05) is 0 Å². The Kier molecular flexibility index (Phi) is 4.05. The molecule has 1 nitrogen and oxygen atoms in total. The maximum absolute atomic E-state index is 12.6. The fourth-order valence-electron chi connectivity index (χ4n) is 1.42. The molecule has 0 aliphatic rings. The van der Waals surface area contributed by atoms with Gasteiger partial charge >= 0.3 is 0 Å². The Morgan fingerprint density at radius 2 is 1.93 bits per heavy atom. The molecule has 1 rings (SSSR count). The maximum Gasteiger partial charge on any atom is 0.123 e. The predicted molar refractivity (Wildman–Crippen MR) is 54.6 cm³/mol. The Morgan fingerprint density at radius 3 is 2.43 bits per heavy atom. The summed E-state index contributed by atoms with van der Waals surface area (Å²) in [7, 11) is 0. The van der Waals surface area contributed by atoms with Crippen LogP contribution in [0.1, 0.15) is 24.3 Å². The molecule has 0 amide bonds. The summed E-state index contributed by atoms with van der Waals surface area (Å²) in [5.41, 5.74) is 0.985. The van der Waals surface area contributed by atoms with Crippen molar-refractivity contribution in [2.45, 2.75) is 18.8 Å². The van der Waals surface area contributed by atoms with Crippen molar-refractivity contribution in [3.8, 4) is 0 Å². The van der Waals surface area contributed by atoms with Gasteiger partial charge in [-0.05, 0) is 30.0 Å². The van der Waals surface area contributed by atoms with Crippen LogP contribution in [0.3, 0.4) is 0 Å². The van der Waals surface area contributed by atoms with E-state index in [-0.39, 0.29) is 11.7 Å². The molecule has 0 aliphatic carbocycles. The summed E-state index contributed by atoms with van der Waals surface area (Å²) in [6, 6.07) is 6.26. The zero-order valence-electron chi connectivity index (χ0n) is 7.95. The third kappa shape index (κ3) is 2.80. The van der Waals surface area contributed by atoms with Gasteiger partial charge in [-0.1, -0.05) is 18.2 Å². The van der Waals surface area contributed by atoms with Gasteiger partial charge in [-0.15, -0.1) is 6.58 Å². The van der Waals surface area contributed by atoms with Gasteiger partial charge in [0.05, 0.1) is 0 Å². The second-order valence-corrected chi connectivity index (χ2v) is 3.18. The van der Waals surface area contributed by atoms with Crippen molar-refractivity contribution in [2.75, 3.05) is 0 Å².